The summed E-state index contributed by atoms with van der Waals surface area (Å²) in [5, 5.41) is 7.51. The minimum atomic E-state index is 0.554. The number of anilines is 3. The van der Waals surface area contributed by atoms with E-state index in [-0.39, 0.29) is 0 Å². The van der Waals surface area contributed by atoms with Gasteiger partial charge in [0, 0.05) is 23.3 Å². The van der Waals surface area contributed by atoms with E-state index in [1.165, 1.54) is 0 Å². The van der Waals surface area contributed by atoms with Gasteiger partial charge < -0.3 is 10.6 Å². The molecule has 2 N–H and O–H groups in total. The molecule has 0 aliphatic carbocycles. The topological polar surface area (TPSA) is 49.8 Å². The second kappa shape index (κ2) is 6.77. The largest absolute Gasteiger partial charge is 0.354 e. The van der Waals surface area contributed by atoms with Crippen LogP contribution in [-0.2, 0) is 0 Å². The Morgan fingerprint density at radius 2 is 2.05 bits per heavy atom. The fourth-order valence-corrected chi connectivity index (χ4v) is 2.06. The lowest BCUT2D eigenvalue weighted by Gasteiger charge is -2.12. The van der Waals surface area contributed by atoms with Gasteiger partial charge in [0.1, 0.15) is 5.82 Å². The Morgan fingerprint density at radius 3 is 2.75 bits per heavy atom. The molecule has 0 aliphatic heterocycles. The molecular weight excluding hydrogens is 295 g/mol. The molecule has 0 saturated heterocycles. The number of nitrogens with one attached hydrogen (secondary N) is 2. The first kappa shape index (κ1) is 14.9. The average Bonchev–Trinajstić information content (AvgIpc) is 2.42. The molecule has 20 heavy (non-hydrogen) atoms. The number of aromatic nitrogens is 2. The minimum Gasteiger partial charge on any atom is -0.354 e. The highest BCUT2D eigenvalue weighted by Gasteiger charge is 2.07. The molecule has 0 spiro atoms. The van der Waals surface area contributed by atoms with Crippen molar-refractivity contribution in [3.8, 4) is 0 Å². The van der Waals surface area contributed by atoms with Crippen LogP contribution in [0.4, 0.5) is 17.5 Å². The number of rotatable bonds is 5. The number of hydrogen-bond acceptors (Lipinski definition) is 4. The van der Waals surface area contributed by atoms with Crippen LogP contribution in [0.25, 0.3) is 0 Å². The van der Waals surface area contributed by atoms with E-state index in [1.54, 1.807) is 18.3 Å². The van der Waals surface area contributed by atoms with Crippen LogP contribution in [0.5, 0.6) is 0 Å². The van der Waals surface area contributed by atoms with E-state index in [1.807, 2.05) is 13.0 Å². The summed E-state index contributed by atoms with van der Waals surface area (Å²) in [6, 6.07) is 5.30. The normalized spacial score (nSPS) is 10.4. The molecule has 2 aromatic rings. The molecule has 0 atom stereocenters. The maximum atomic E-state index is 6.15. The molecule has 1 aromatic heterocycles. The van der Waals surface area contributed by atoms with Gasteiger partial charge >= 0.3 is 0 Å². The van der Waals surface area contributed by atoms with E-state index in [0.29, 0.717) is 16.0 Å². The summed E-state index contributed by atoms with van der Waals surface area (Å²) in [7, 11) is 0. The molecule has 1 aromatic carbocycles. The Balaban J connectivity index is 2.23. The molecule has 0 radical (unpaired) electrons. The molecule has 6 heteroatoms. The number of nitrogens with zero attached hydrogens (tertiary/aromatic N) is 2. The van der Waals surface area contributed by atoms with Crippen LogP contribution < -0.4 is 10.6 Å². The third kappa shape index (κ3) is 3.74. The van der Waals surface area contributed by atoms with Gasteiger partial charge in [-0.3, -0.25) is 0 Å². The maximum absolute atomic E-state index is 6.15. The fourth-order valence-electron chi connectivity index (χ4n) is 1.61. The van der Waals surface area contributed by atoms with Crippen LogP contribution in [-0.4, -0.2) is 16.5 Å². The fraction of sp³-hybridized carbons (Fsp3) is 0.286. The lowest BCUT2D eigenvalue weighted by Crippen LogP contribution is -2.07. The van der Waals surface area contributed by atoms with Crippen molar-refractivity contribution in [3.63, 3.8) is 0 Å². The van der Waals surface area contributed by atoms with Gasteiger partial charge in [-0.2, -0.15) is 4.98 Å². The Kier molecular flexibility index (Phi) is 5.04. The summed E-state index contributed by atoms with van der Waals surface area (Å²) in [6.07, 6.45) is 2.79. The second-order valence-corrected chi connectivity index (χ2v) is 5.24. The summed E-state index contributed by atoms with van der Waals surface area (Å²) >= 11 is 12.0. The van der Waals surface area contributed by atoms with E-state index in [9.17, 15) is 0 Å². The summed E-state index contributed by atoms with van der Waals surface area (Å²) in [4.78, 5) is 8.68. The quantitative estimate of drug-likeness (QED) is 0.843. The lowest BCUT2D eigenvalue weighted by molar-refractivity contribution is 0.950. The first-order chi connectivity index (χ1) is 9.60. The highest BCUT2D eigenvalue weighted by Crippen LogP contribution is 2.28. The molecule has 0 aliphatic rings. The zero-order chi connectivity index (χ0) is 14.5. The third-order valence-corrected chi connectivity index (χ3v) is 3.24. The van der Waals surface area contributed by atoms with Crippen molar-refractivity contribution < 1.29 is 0 Å². The predicted octanol–water partition coefficient (Wildman–Crippen LogP) is 4.66. The third-order valence-electron chi connectivity index (χ3n) is 2.69. The number of aryl methyl sites for hydroxylation is 1. The standard InChI is InChI=1S/C14H16Cl2N4/c1-3-6-17-14-18-8-9(2)13(20-14)19-12-5-4-10(15)7-11(12)16/h4-5,7-8H,3,6H2,1-2H3,(H2,17,18,19,20). The average molecular weight is 311 g/mol. The lowest BCUT2D eigenvalue weighted by atomic mass is 10.3. The van der Waals surface area contributed by atoms with Gasteiger partial charge in [-0.1, -0.05) is 30.1 Å². The van der Waals surface area contributed by atoms with Crippen LogP contribution in [0.1, 0.15) is 18.9 Å². The Morgan fingerprint density at radius 1 is 1.25 bits per heavy atom. The van der Waals surface area contributed by atoms with Crippen molar-refractivity contribution in [3.05, 3.63) is 40.0 Å². The molecule has 0 saturated carbocycles. The molecular formula is C14H16Cl2N4. The van der Waals surface area contributed by atoms with Crippen molar-refractivity contribution >= 4 is 40.7 Å². The highest BCUT2D eigenvalue weighted by molar-refractivity contribution is 6.36. The molecule has 1 heterocycles. The van der Waals surface area contributed by atoms with Crippen molar-refractivity contribution in [1.82, 2.24) is 9.97 Å². The second-order valence-electron chi connectivity index (χ2n) is 4.40. The summed E-state index contributed by atoms with van der Waals surface area (Å²) in [6.45, 7) is 4.87. The Labute approximate surface area is 128 Å². The number of hydrogen-bond donors (Lipinski definition) is 2. The van der Waals surface area contributed by atoms with Crippen LogP contribution in [0, 0.1) is 6.92 Å². The van der Waals surface area contributed by atoms with Crippen molar-refractivity contribution in [2.45, 2.75) is 20.3 Å². The maximum Gasteiger partial charge on any atom is 0.224 e. The smallest absolute Gasteiger partial charge is 0.224 e. The first-order valence-corrected chi connectivity index (χ1v) is 7.15. The molecule has 0 unspecified atom stereocenters. The SMILES string of the molecule is CCCNc1ncc(C)c(Nc2ccc(Cl)cc2Cl)n1. The Bertz CT molecular complexity index is 602. The molecule has 106 valence electrons. The van der Waals surface area contributed by atoms with Gasteiger partial charge in [0.15, 0.2) is 0 Å². The molecule has 4 nitrogen and oxygen atoms in total. The zero-order valence-corrected chi connectivity index (χ0v) is 12.9. The van der Waals surface area contributed by atoms with Gasteiger partial charge in [-0.25, -0.2) is 4.98 Å². The first-order valence-electron chi connectivity index (χ1n) is 6.39. The van der Waals surface area contributed by atoms with E-state index in [4.69, 9.17) is 23.2 Å². The van der Waals surface area contributed by atoms with E-state index >= 15 is 0 Å². The highest BCUT2D eigenvalue weighted by atomic mass is 35.5. The van der Waals surface area contributed by atoms with Crippen LogP contribution >= 0.6 is 23.2 Å². The Hall–Kier alpha value is -1.52. The van der Waals surface area contributed by atoms with Crippen molar-refractivity contribution in [2.75, 3.05) is 17.2 Å². The van der Waals surface area contributed by atoms with Gasteiger partial charge in [0.05, 0.1) is 10.7 Å². The zero-order valence-electron chi connectivity index (χ0n) is 11.4. The minimum absolute atomic E-state index is 0.554. The molecule has 0 amide bonds. The van der Waals surface area contributed by atoms with Crippen molar-refractivity contribution in [1.29, 1.82) is 0 Å². The van der Waals surface area contributed by atoms with Gasteiger partial charge in [-0.05, 0) is 31.5 Å². The molecule has 2 rings (SSSR count). The van der Waals surface area contributed by atoms with Gasteiger partial charge in [-0.15, -0.1) is 0 Å². The van der Waals surface area contributed by atoms with E-state index in [2.05, 4.69) is 27.5 Å². The van der Waals surface area contributed by atoms with E-state index in [0.717, 1.165) is 30.0 Å². The monoisotopic (exact) mass is 310 g/mol. The van der Waals surface area contributed by atoms with Crippen molar-refractivity contribution in [2.24, 2.45) is 0 Å². The molecule has 0 fully saturated rings. The summed E-state index contributed by atoms with van der Waals surface area (Å²) in [5.41, 5.74) is 1.71. The van der Waals surface area contributed by atoms with Crippen LogP contribution in [0.2, 0.25) is 10.0 Å². The summed E-state index contributed by atoms with van der Waals surface area (Å²) in [5.74, 6) is 1.33. The van der Waals surface area contributed by atoms with Gasteiger partial charge in [0.25, 0.3) is 0 Å². The number of halogens is 2. The van der Waals surface area contributed by atoms with Gasteiger partial charge in [0.2, 0.25) is 5.95 Å². The molecule has 0 bridgehead atoms. The van der Waals surface area contributed by atoms with Crippen LogP contribution in [0.3, 0.4) is 0 Å². The van der Waals surface area contributed by atoms with E-state index < -0.39 is 0 Å². The number of benzene rings is 1. The summed E-state index contributed by atoms with van der Waals surface area (Å²) < 4.78 is 0. The van der Waals surface area contributed by atoms with Crippen LogP contribution in [0.15, 0.2) is 24.4 Å². The predicted molar refractivity (Wildman–Crippen MR) is 85.3 cm³/mol.